The van der Waals surface area contributed by atoms with Gasteiger partial charge in [-0.15, -0.1) is 0 Å². The summed E-state index contributed by atoms with van der Waals surface area (Å²) < 4.78 is 19.2. The van der Waals surface area contributed by atoms with Crippen molar-refractivity contribution in [3.63, 3.8) is 0 Å². The summed E-state index contributed by atoms with van der Waals surface area (Å²) in [6, 6.07) is 19.0. The van der Waals surface area contributed by atoms with Crippen LogP contribution in [-0.2, 0) is 34.6 Å². The number of rotatable bonds is 6. The minimum absolute atomic E-state index is 0.374. The average Bonchev–Trinajstić information content (AvgIpc) is 2.88. The molecule has 4 N–H and O–H groups in total. The lowest BCUT2D eigenvalue weighted by molar-refractivity contribution is -0.249. The van der Waals surface area contributed by atoms with Crippen LogP contribution in [0.15, 0.2) is 60.7 Å². The molecule has 2 fully saturated rings. The summed E-state index contributed by atoms with van der Waals surface area (Å²) in [5.74, 6) is -0.888. The molecule has 0 saturated heterocycles. The average molecular weight is 565 g/mol. The highest BCUT2D eigenvalue weighted by atomic mass is 16.6. The van der Waals surface area contributed by atoms with Crippen molar-refractivity contribution in [1.82, 2.24) is 0 Å². The molecule has 2 aliphatic rings. The lowest BCUT2D eigenvalue weighted by Crippen LogP contribution is -2.75. The molecule has 0 radical (unpaired) electrons. The molecule has 4 rings (SSSR count). The number of hydrogen-bond acceptors (Lipinski definition) is 7. The van der Waals surface area contributed by atoms with Gasteiger partial charge in [0.15, 0.2) is 0 Å². The molecule has 2 aliphatic carbocycles. The maximum absolute atomic E-state index is 14.3. The van der Waals surface area contributed by atoms with Gasteiger partial charge in [-0.1, -0.05) is 73.5 Å². The third-order valence-electron chi connectivity index (χ3n) is 8.54. The van der Waals surface area contributed by atoms with Crippen LogP contribution in [0.1, 0.15) is 104 Å². The van der Waals surface area contributed by atoms with Crippen LogP contribution in [0.3, 0.4) is 0 Å². The zero-order chi connectivity index (χ0) is 30.2. The van der Waals surface area contributed by atoms with Gasteiger partial charge in [-0.05, 0) is 91.2 Å². The van der Waals surface area contributed by atoms with Crippen LogP contribution < -0.4 is 11.5 Å². The molecule has 7 heteroatoms. The van der Waals surface area contributed by atoms with Crippen molar-refractivity contribution in [2.75, 3.05) is 0 Å². The van der Waals surface area contributed by atoms with E-state index < -0.39 is 45.4 Å². The summed E-state index contributed by atoms with van der Waals surface area (Å²) in [5, 5.41) is 0. The molecular weight excluding hydrogens is 516 g/mol. The maximum Gasteiger partial charge on any atom is 0.321 e. The first-order chi connectivity index (χ1) is 19.1. The predicted octanol–water partition coefficient (Wildman–Crippen LogP) is 6.02. The van der Waals surface area contributed by atoms with Crippen LogP contribution in [0.2, 0.25) is 0 Å². The number of ether oxygens (including phenoxy) is 3. The zero-order valence-corrected chi connectivity index (χ0v) is 25.6. The van der Waals surface area contributed by atoms with Crippen LogP contribution in [0, 0.1) is 0 Å². The Bertz CT molecular complexity index is 1130. The van der Waals surface area contributed by atoms with E-state index in [1.165, 1.54) is 0 Å². The third kappa shape index (κ3) is 5.81. The fourth-order valence-corrected chi connectivity index (χ4v) is 6.75. The van der Waals surface area contributed by atoms with Gasteiger partial charge in [-0.25, -0.2) is 0 Å². The largest absolute Gasteiger partial charge is 0.459 e. The van der Waals surface area contributed by atoms with Crippen LogP contribution in [0.25, 0.3) is 0 Å². The van der Waals surface area contributed by atoms with E-state index in [-0.39, 0.29) is 0 Å². The number of nitrogens with two attached hydrogens (primary N) is 2. The van der Waals surface area contributed by atoms with E-state index >= 15 is 0 Å². The van der Waals surface area contributed by atoms with Crippen LogP contribution in [0.4, 0.5) is 0 Å². The van der Waals surface area contributed by atoms with Gasteiger partial charge in [0.2, 0.25) is 0 Å². The minimum Gasteiger partial charge on any atom is -0.459 e. The second-order valence-electron chi connectivity index (χ2n) is 13.8. The van der Waals surface area contributed by atoms with E-state index in [1.54, 1.807) is 0 Å². The first-order valence-electron chi connectivity index (χ1n) is 14.9. The summed E-state index contributed by atoms with van der Waals surface area (Å²) in [5.41, 5.74) is 8.94. The molecule has 0 aliphatic heterocycles. The Balaban J connectivity index is 1.92. The first-order valence-corrected chi connectivity index (χ1v) is 14.9. The van der Waals surface area contributed by atoms with Crippen LogP contribution >= 0.6 is 0 Å². The van der Waals surface area contributed by atoms with Crippen molar-refractivity contribution < 1.29 is 23.8 Å². The van der Waals surface area contributed by atoms with Crippen molar-refractivity contribution in [1.29, 1.82) is 0 Å². The Labute approximate surface area is 245 Å². The summed E-state index contributed by atoms with van der Waals surface area (Å²) in [7, 11) is 0. The fourth-order valence-electron chi connectivity index (χ4n) is 6.75. The SMILES string of the molecule is CC(C)(C)OC(=O)C1(c2ccccc2)CCCCC1(N)OC1(N)CCCCC1(C(=O)OC(C)(C)C)c1ccccc1. The normalized spacial score (nSPS) is 30.8. The van der Waals surface area contributed by atoms with Crippen molar-refractivity contribution in [2.45, 2.75) is 126 Å². The Morgan fingerprint density at radius 3 is 1.22 bits per heavy atom. The Morgan fingerprint density at radius 2 is 0.902 bits per heavy atom. The van der Waals surface area contributed by atoms with E-state index in [0.29, 0.717) is 25.7 Å². The topological polar surface area (TPSA) is 114 Å². The summed E-state index contributed by atoms with van der Waals surface area (Å²) in [4.78, 5) is 28.7. The van der Waals surface area contributed by atoms with Gasteiger partial charge in [0, 0.05) is 0 Å². The highest BCUT2D eigenvalue weighted by molar-refractivity contribution is 5.87. The van der Waals surface area contributed by atoms with Crippen molar-refractivity contribution in [3.8, 4) is 0 Å². The quantitative estimate of drug-likeness (QED) is 0.326. The van der Waals surface area contributed by atoms with E-state index in [2.05, 4.69) is 0 Å². The van der Waals surface area contributed by atoms with Crippen LogP contribution in [0.5, 0.6) is 0 Å². The molecular formula is C34H48N2O5. The number of hydrogen-bond donors (Lipinski definition) is 2. The van der Waals surface area contributed by atoms with E-state index in [1.807, 2.05) is 102 Å². The Morgan fingerprint density at radius 1 is 0.585 bits per heavy atom. The maximum atomic E-state index is 14.3. The first kappa shape index (κ1) is 31.2. The highest BCUT2D eigenvalue weighted by Gasteiger charge is 2.67. The van der Waals surface area contributed by atoms with E-state index in [0.717, 1.165) is 36.8 Å². The van der Waals surface area contributed by atoms with Gasteiger partial charge < -0.3 is 25.7 Å². The summed E-state index contributed by atoms with van der Waals surface area (Å²) in [6.07, 6.45) is 4.64. The molecule has 0 heterocycles. The highest BCUT2D eigenvalue weighted by Crippen LogP contribution is 2.54. The van der Waals surface area contributed by atoms with Crippen molar-refractivity contribution >= 4 is 11.9 Å². The second-order valence-corrected chi connectivity index (χ2v) is 13.8. The summed E-state index contributed by atoms with van der Waals surface area (Å²) >= 11 is 0. The minimum atomic E-state index is -1.55. The van der Waals surface area contributed by atoms with Crippen molar-refractivity contribution in [3.05, 3.63) is 71.8 Å². The second kappa shape index (κ2) is 11.2. The van der Waals surface area contributed by atoms with Gasteiger partial charge in [0.1, 0.15) is 33.5 Å². The number of esters is 2. The molecule has 4 unspecified atom stereocenters. The lowest BCUT2D eigenvalue weighted by Gasteiger charge is -2.57. The number of benzene rings is 2. The molecule has 7 nitrogen and oxygen atoms in total. The Kier molecular flexibility index (Phi) is 8.49. The lowest BCUT2D eigenvalue weighted by atomic mass is 9.61. The van der Waals surface area contributed by atoms with Gasteiger partial charge >= 0.3 is 11.9 Å². The molecule has 2 aromatic rings. The van der Waals surface area contributed by atoms with Gasteiger partial charge in [-0.2, -0.15) is 0 Å². The molecule has 224 valence electrons. The van der Waals surface area contributed by atoms with Crippen molar-refractivity contribution in [2.24, 2.45) is 11.5 Å². The zero-order valence-electron chi connectivity index (χ0n) is 25.6. The summed E-state index contributed by atoms with van der Waals surface area (Å²) in [6.45, 7) is 11.1. The van der Waals surface area contributed by atoms with Gasteiger partial charge in [0.25, 0.3) is 0 Å². The molecule has 2 saturated carbocycles. The molecule has 41 heavy (non-hydrogen) atoms. The molecule has 4 atom stereocenters. The smallest absolute Gasteiger partial charge is 0.321 e. The molecule has 0 spiro atoms. The Hall–Kier alpha value is -2.74. The van der Waals surface area contributed by atoms with Crippen LogP contribution in [-0.4, -0.2) is 34.6 Å². The van der Waals surface area contributed by atoms with Gasteiger partial charge in [-0.3, -0.25) is 9.59 Å². The third-order valence-corrected chi connectivity index (χ3v) is 8.54. The number of carbonyl (C=O) groups is 2. The molecule has 0 amide bonds. The molecule has 0 aromatic heterocycles. The van der Waals surface area contributed by atoms with Gasteiger partial charge in [0.05, 0.1) is 0 Å². The monoisotopic (exact) mass is 564 g/mol. The standard InChI is InChI=1S/C34H48N2O5/c1-29(2,3)39-27(37)31(25-17-9-7-10-18-25)21-13-15-23-33(31,35)41-34(36)24-16-14-22-32(34,26-19-11-8-12-20-26)28(38)40-30(4,5)6/h7-12,17-20H,13-16,21-24,35-36H2,1-6H3. The molecule has 0 bridgehead atoms. The van der Waals surface area contributed by atoms with E-state index in [4.69, 9.17) is 25.7 Å². The molecule has 2 aromatic carbocycles. The van der Waals surface area contributed by atoms with E-state index in [9.17, 15) is 9.59 Å². The predicted molar refractivity (Wildman–Crippen MR) is 160 cm³/mol. The fraction of sp³-hybridized carbons (Fsp3) is 0.588. The number of carbonyl (C=O) groups excluding carboxylic acids is 2.